The van der Waals surface area contributed by atoms with Gasteiger partial charge in [-0.25, -0.2) is 0 Å². The predicted octanol–water partition coefficient (Wildman–Crippen LogP) is 9.65. The second kappa shape index (κ2) is 9.15. The molecule has 0 aliphatic heterocycles. The first-order valence-electron chi connectivity index (χ1n) is 11.9. The summed E-state index contributed by atoms with van der Waals surface area (Å²) >= 11 is 0. The molecule has 0 fully saturated rings. The molecule has 5 aromatic carbocycles. The first-order valence-corrected chi connectivity index (χ1v) is 11.9. The average Bonchev–Trinajstić information content (AvgIpc) is 2.89. The molecule has 0 atom stereocenters. The third-order valence-corrected chi connectivity index (χ3v) is 6.42. The van der Waals surface area contributed by atoms with Crippen LogP contribution < -0.4 is 0 Å². The van der Waals surface area contributed by atoms with E-state index in [2.05, 4.69) is 148 Å². The molecule has 0 heteroatoms. The highest BCUT2D eigenvalue weighted by molar-refractivity contribution is 5.79. The van der Waals surface area contributed by atoms with E-state index in [1.807, 2.05) is 0 Å². The normalized spacial score (nSPS) is 11.4. The van der Waals surface area contributed by atoms with E-state index >= 15 is 0 Å². The second-order valence-electron chi connectivity index (χ2n) is 9.94. The van der Waals surface area contributed by atoms with Gasteiger partial charge >= 0.3 is 0 Å². The minimum atomic E-state index is 0.135. The fourth-order valence-corrected chi connectivity index (χ4v) is 4.43. The predicted molar refractivity (Wildman–Crippen MR) is 147 cm³/mol. The lowest BCUT2D eigenvalue weighted by molar-refractivity contribution is 0.590. The Morgan fingerprint density at radius 1 is 0.324 bits per heavy atom. The third-order valence-electron chi connectivity index (χ3n) is 6.42. The van der Waals surface area contributed by atoms with E-state index in [-0.39, 0.29) is 5.41 Å². The zero-order chi connectivity index (χ0) is 23.5. The van der Waals surface area contributed by atoms with Crippen LogP contribution in [0.1, 0.15) is 26.3 Å². The van der Waals surface area contributed by atoms with Gasteiger partial charge in [-0.05, 0) is 73.7 Å². The minimum Gasteiger partial charge on any atom is -0.0622 e. The summed E-state index contributed by atoms with van der Waals surface area (Å²) in [4.78, 5) is 0. The molecule has 34 heavy (non-hydrogen) atoms. The highest BCUT2D eigenvalue weighted by Gasteiger charge is 2.14. The molecule has 5 rings (SSSR count). The number of hydrogen-bond donors (Lipinski definition) is 0. The Morgan fingerprint density at radius 3 is 1.06 bits per heavy atom. The van der Waals surface area contributed by atoms with Gasteiger partial charge in [-0.2, -0.15) is 0 Å². The van der Waals surface area contributed by atoms with Crippen molar-refractivity contribution >= 4 is 0 Å². The van der Waals surface area contributed by atoms with Gasteiger partial charge in [-0.15, -0.1) is 0 Å². The molecule has 0 saturated carbocycles. The highest BCUT2D eigenvalue weighted by atomic mass is 14.2. The third kappa shape index (κ3) is 4.72. The van der Waals surface area contributed by atoms with Crippen LogP contribution in [0.4, 0.5) is 0 Å². The molecule has 0 saturated heterocycles. The average molecular weight is 439 g/mol. The van der Waals surface area contributed by atoms with E-state index in [4.69, 9.17) is 0 Å². The van der Waals surface area contributed by atoms with E-state index in [0.29, 0.717) is 0 Å². The Labute approximate surface area is 203 Å². The monoisotopic (exact) mass is 438 g/mol. The van der Waals surface area contributed by atoms with Crippen molar-refractivity contribution < 1.29 is 0 Å². The van der Waals surface area contributed by atoms with Crippen molar-refractivity contribution in [3.8, 4) is 44.5 Å². The van der Waals surface area contributed by atoms with Crippen molar-refractivity contribution in [2.75, 3.05) is 0 Å². The minimum absolute atomic E-state index is 0.135. The Balaban J connectivity index is 1.50. The number of hydrogen-bond acceptors (Lipinski definition) is 0. The Bertz CT molecular complexity index is 1420. The van der Waals surface area contributed by atoms with Gasteiger partial charge in [0.15, 0.2) is 0 Å². The molecule has 0 spiro atoms. The fourth-order valence-electron chi connectivity index (χ4n) is 4.43. The summed E-state index contributed by atoms with van der Waals surface area (Å²) in [6, 6.07) is 46.0. The smallest absolute Gasteiger partial charge is 0.0132 e. The van der Waals surface area contributed by atoms with Crippen LogP contribution in [0.5, 0.6) is 0 Å². The van der Waals surface area contributed by atoms with Crippen LogP contribution in [0.2, 0.25) is 0 Å². The second-order valence-corrected chi connectivity index (χ2v) is 9.94. The molecular weight excluding hydrogens is 408 g/mol. The standard InChI is InChI=1S/C34H30/c1-34(2,3)33-20-10-19-32(24-33)31-18-9-17-30(23-31)29-16-8-15-28(22-29)27-14-7-13-26(21-27)25-11-5-4-6-12-25/h4-24H,1-3H3. The molecule has 0 aliphatic carbocycles. The van der Waals surface area contributed by atoms with Gasteiger partial charge in [0, 0.05) is 0 Å². The van der Waals surface area contributed by atoms with E-state index < -0.39 is 0 Å². The molecule has 0 aliphatic rings. The topological polar surface area (TPSA) is 0 Å². The first-order chi connectivity index (χ1) is 16.5. The zero-order valence-corrected chi connectivity index (χ0v) is 20.1. The number of rotatable bonds is 4. The molecule has 0 radical (unpaired) electrons. The summed E-state index contributed by atoms with van der Waals surface area (Å²) < 4.78 is 0. The van der Waals surface area contributed by atoms with E-state index in [9.17, 15) is 0 Å². The van der Waals surface area contributed by atoms with E-state index in [0.717, 1.165) is 0 Å². The summed E-state index contributed by atoms with van der Waals surface area (Å²) in [5.41, 5.74) is 11.4. The largest absolute Gasteiger partial charge is 0.0622 e. The summed E-state index contributed by atoms with van der Waals surface area (Å²) in [6.07, 6.45) is 0. The van der Waals surface area contributed by atoms with Crippen molar-refractivity contribution in [2.45, 2.75) is 26.2 Å². The van der Waals surface area contributed by atoms with Crippen molar-refractivity contribution in [3.63, 3.8) is 0 Å². The number of benzene rings is 5. The van der Waals surface area contributed by atoms with Crippen LogP contribution in [-0.4, -0.2) is 0 Å². The van der Waals surface area contributed by atoms with Crippen LogP contribution in [-0.2, 0) is 5.41 Å². The quantitative estimate of drug-likeness (QED) is 0.262. The van der Waals surface area contributed by atoms with E-state index in [1.54, 1.807) is 0 Å². The van der Waals surface area contributed by atoms with Gasteiger partial charge in [-0.1, -0.05) is 130 Å². The fraction of sp³-hybridized carbons (Fsp3) is 0.118. The van der Waals surface area contributed by atoms with Crippen molar-refractivity contribution in [1.82, 2.24) is 0 Å². The summed E-state index contributed by atoms with van der Waals surface area (Å²) in [5, 5.41) is 0. The van der Waals surface area contributed by atoms with Crippen LogP contribution in [0.3, 0.4) is 0 Å². The maximum Gasteiger partial charge on any atom is -0.0132 e. The molecule has 0 bridgehead atoms. The van der Waals surface area contributed by atoms with Gasteiger partial charge < -0.3 is 0 Å². The molecule has 0 amide bonds. The lowest BCUT2D eigenvalue weighted by Crippen LogP contribution is -2.10. The van der Waals surface area contributed by atoms with Gasteiger partial charge in [0.05, 0.1) is 0 Å². The molecule has 5 aromatic rings. The highest BCUT2D eigenvalue weighted by Crippen LogP contribution is 2.33. The van der Waals surface area contributed by atoms with Crippen molar-refractivity contribution in [1.29, 1.82) is 0 Å². The molecule has 0 unspecified atom stereocenters. The molecule has 166 valence electrons. The maximum atomic E-state index is 2.32. The zero-order valence-electron chi connectivity index (χ0n) is 20.1. The Morgan fingerprint density at radius 2 is 0.647 bits per heavy atom. The molecular formula is C34H30. The molecule has 0 N–H and O–H groups in total. The van der Waals surface area contributed by atoms with Crippen LogP contribution >= 0.6 is 0 Å². The van der Waals surface area contributed by atoms with Crippen molar-refractivity contribution in [3.05, 3.63) is 133 Å². The van der Waals surface area contributed by atoms with Gasteiger partial charge in [0.1, 0.15) is 0 Å². The summed E-state index contributed by atoms with van der Waals surface area (Å²) in [5.74, 6) is 0. The maximum absolute atomic E-state index is 2.32. The van der Waals surface area contributed by atoms with E-state index in [1.165, 1.54) is 50.1 Å². The van der Waals surface area contributed by atoms with Crippen molar-refractivity contribution in [2.24, 2.45) is 0 Å². The van der Waals surface area contributed by atoms with Gasteiger partial charge in [-0.3, -0.25) is 0 Å². The lowest BCUT2D eigenvalue weighted by Gasteiger charge is -2.20. The SMILES string of the molecule is CC(C)(C)c1cccc(-c2cccc(-c3cccc(-c4cccc(-c5ccccc5)c4)c3)c2)c1. The molecule has 0 heterocycles. The first kappa shape index (κ1) is 21.9. The van der Waals surface area contributed by atoms with Crippen LogP contribution in [0, 0.1) is 0 Å². The van der Waals surface area contributed by atoms with Crippen LogP contribution in [0.15, 0.2) is 127 Å². The van der Waals surface area contributed by atoms with Gasteiger partial charge in [0.25, 0.3) is 0 Å². The Hall–Kier alpha value is -3.90. The lowest BCUT2D eigenvalue weighted by atomic mass is 9.85. The van der Waals surface area contributed by atoms with Gasteiger partial charge in [0.2, 0.25) is 0 Å². The molecule has 0 nitrogen and oxygen atoms in total. The summed E-state index contributed by atoms with van der Waals surface area (Å²) in [6.45, 7) is 6.79. The van der Waals surface area contributed by atoms with Crippen LogP contribution in [0.25, 0.3) is 44.5 Å². The molecule has 0 aromatic heterocycles. The Kier molecular flexibility index (Phi) is 5.90. The summed E-state index contributed by atoms with van der Waals surface area (Å²) in [7, 11) is 0.